The third-order valence-electron chi connectivity index (χ3n) is 8.57. The fraction of sp³-hybridized carbons (Fsp3) is 0.567. The van der Waals surface area contributed by atoms with Gasteiger partial charge < -0.3 is 15.0 Å². The van der Waals surface area contributed by atoms with Gasteiger partial charge in [-0.3, -0.25) is 9.13 Å². The molecule has 0 bridgehead atoms. The molecular weight excluding hydrogens is 495 g/mol. The van der Waals surface area contributed by atoms with Crippen LogP contribution in [-0.4, -0.2) is 61.9 Å². The quantitative estimate of drug-likeness (QED) is 0.459. The van der Waals surface area contributed by atoms with Gasteiger partial charge in [-0.05, 0) is 101 Å². The molecule has 3 fully saturated rings. The number of halogens is 1. The molecule has 1 aliphatic carbocycles. The average Bonchev–Trinajstić information content (AvgIpc) is 3.30. The molecule has 0 spiro atoms. The van der Waals surface area contributed by atoms with E-state index in [1.54, 1.807) is 27.5 Å². The second kappa shape index (κ2) is 12.0. The van der Waals surface area contributed by atoms with Gasteiger partial charge in [0.25, 0.3) is 0 Å². The molecule has 3 aromatic rings. The largest absolute Gasteiger partial charge is 0.376 e. The Labute approximate surface area is 229 Å². The van der Waals surface area contributed by atoms with Crippen molar-refractivity contribution in [3.05, 3.63) is 59.0 Å². The molecule has 2 aromatic heterocycles. The third kappa shape index (κ3) is 6.09. The topological polar surface area (TPSA) is 77.2 Å². The van der Waals surface area contributed by atoms with Crippen LogP contribution in [0, 0.1) is 5.82 Å². The maximum Gasteiger partial charge on any atom is 0.333 e. The number of hydrogen-bond acceptors (Lipinski definition) is 6. The van der Waals surface area contributed by atoms with E-state index in [0.29, 0.717) is 41.7 Å². The van der Waals surface area contributed by atoms with Crippen LogP contribution in [-0.2, 0) is 11.3 Å². The van der Waals surface area contributed by atoms with Crippen molar-refractivity contribution < 1.29 is 9.13 Å². The summed E-state index contributed by atoms with van der Waals surface area (Å²) in [5.74, 6) is 0.238. The molecule has 2 aliphatic heterocycles. The van der Waals surface area contributed by atoms with Crippen molar-refractivity contribution in [3.8, 4) is 17.1 Å². The molecule has 6 rings (SSSR count). The lowest BCUT2D eigenvalue weighted by Gasteiger charge is -2.39. The Morgan fingerprint density at radius 1 is 0.949 bits per heavy atom. The van der Waals surface area contributed by atoms with E-state index in [2.05, 4.69) is 15.2 Å². The van der Waals surface area contributed by atoms with Gasteiger partial charge in [-0.1, -0.05) is 6.42 Å². The zero-order valence-corrected chi connectivity index (χ0v) is 22.6. The van der Waals surface area contributed by atoms with Crippen LogP contribution in [0.25, 0.3) is 17.1 Å². The standard InChI is InChI=1S/C30H39FN6O2/c31-22-7-11-25(12-8-22)37-28(21-36(30(37)38)20-26-6-2-5-19-39-26)27-15-16-32-29(34-27)33-23-9-13-24(14-10-23)35-17-3-1-4-18-35/h7-8,11-12,15-16,21,23-24,26H,1-6,9-10,13-14,17-20H2,(H,32,33,34). The first-order valence-electron chi connectivity index (χ1n) is 14.7. The van der Waals surface area contributed by atoms with E-state index in [-0.39, 0.29) is 17.6 Å². The van der Waals surface area contributed by atoms with Crippen molar-refractivity contribution >= 4 is 5.95 Å². The molecule has 39 heavy (non-hydrogen) atoms. The minimum absolute atomic E-state index is 0.0102. The lowest BCUT2D eigenvalue weighted by Crippen LogP contribution is -2.43. The number of nitrogens with zero attached hydrogens (tertiary/aromatic N) is 5. The number of hydrogen-bond donors (Lipinski definition) is 1. The van der Waals surface area contributed by atoms with E-state index in [9.17, 15) is 9.18 Å². The zero-order valence-electron chi connectivity index (χ0n) is 22.6. The summed E-state index contributed by atoms with van der Waals surface area (Å²) in [6.45, 7) is 3.70. The highest BCUT2D eigenvalue weighted by molar-refractivity contribution is 5.59. The van der Waals surface area contributed by atoms with Crippen molar-refractivity contribution in [1.82, 2.24) is 24.0 Å². The molecule has 9 heteroatoms. The first-order valence-corrected chi connectivity index (χ1v) is 14.7. The van der Waals surface area contributed by atoms with Gasteiger partial charge in [-0.2, -0.15) is 0 Å². The summed E-state index contributed by atoms with van der Waals surface area (Å²) in [6.07, 6.45) is 15.3. The first kappa shape index (κ1) is 26.2. The van der Waals surface area contributed by atoms with E-state index < -0.39 is 0 Å². The average molecular weight is 535 g/mol. The number of benzene rings is 1. The van der Waals surface area contributed by atoms with Gasteiger partial charge in [0.2, 0.25) is 5.95 Å². The Kier molecular flexibility index (Phi) is 8.06. The van der Waals surface area contributed by atoms with Crippen LogP contribution >= 0.6 is 0 Å². The van der Waals surface area contributed by atoms with Gasteiger partial charge in [0, 0.05) is 31.1 Å². The molecule has 1 atom stereocenters. The van der Waals surface area contributed by atoms with E-state index in [0.717, 1.165) is 38.7 Å². The van der Waals surface area contributed by atoms with Crippen LogP contribution in [0.5, 0.6) is 0 Å². The molecule has 4 heterocycles. The van der Waals surface area contributed by atoms with E-state index in [1.807, 2.05) is 12.3 Å². The summed E-state index contributed by atoms with van der Waals surface area (Å²) in [4.78, 5) is 25.6. The molecule has 0 radical (unpaired) electrons. The van der Waals surface area contributed by atoms with E-state index in [1.165, 1.54) is 57.3 Å². The summed E-state index contributed by atoms with van der Waals surface area (Å²) in [5.41, 5.74) is 1.72. The van der Waals surface area contributed by atoms with E-state index >= 15 is 0 Å². The molecule has 8 nitrogen and oxygen atoms in total. The fourth-order valence-electron chi connectivity index (χ4n) is 6.44. The van der Waals surface area contributed by atoms with Crippen LogP contribution in [0.1, 0.15) is 64.2 Å². The normalized spacial score (nSPS) is 24.5. The summed E-state index contributed by atoms with van der Waals surface area (Å²) in [5, 5.41) is 3.56. The Hall–Kier alpha value is -3.04. The fourth-order valence-corrected chi connectivity index (χ4v) is 6.44. The zero-order chi connectivity index (χ0) is 26.6. The predicted molar refractivity (Wildman–Crippen MR) is 150 cm³/mol. The number of likely N-dealkylation sites (tertiary alicyclic amines) is 1. The number of nitrogens with one attached hydrogen (secondary N) is 1. The Morgan fingerprint density at radius 3 is 2.49 bits per heavy atom. The number of ether oxygens (including phenoxy) is 1. The maximum atomic E-state index is 13.7. The minimum atomic E-state index is -0.341. The summed E-state index contributed by atoms with van der Waals surface area (Å²) in [7, 11) is 0. The number of piperidine rings is 1. The smallest absolute Gasteiger partial charge is 0.333 e. The SMILES string of the molecule is O=c1n(CC2CCCCO2)cc(-c2ccnc(NC3CCC(N4CCCCC4)CC3)n2)n1-c1ccc(F)cc1. The van der Waals surface area contributed by atoms with Crippen molar-refractivity contribution in [3.63, 3.8) is 0 Å². The molecule has 1 aromatic carbocycles. The van der Waals surface area contributed by atoms with Gasteiger partial charge in [0.15, 0.2) is 0 Å². The lowest BCUT2D eigenvalue weighted by molar-refractivity contribution is 0.00543. The number of aromatic nitrogens is 4. The van der Waals surface area contributed by atoms with Crippen molar-refractivity contribution in [2.75, 3.05) is 25.0 Å². The van der Waals surface area contributed by atoms with Gasteiger partial charge in [-0.25, -0.2) is 19.2 Å². The van der Waals surface area contributed by atoms with Crippen LogP contribution in [0.2, 0.25) is 0 Å². The van der Waals surface area contributed by atoms with Gasteiger partial charge in [0.05, 0.1) is 29.7 Å². The Morgan fingerprint density at radius 2 is 1.74 bits per heavy atom. The monoisotopic (exact) mass is 534 g/mol. The van der Waals surface area contributed by atoms with Crippen molar-refractivity contribution in [2.45, 2.75) is 88.9 Å². The number of anilines is 1. The van der Waals surface area contributed by atoms with Gasteiger partial charge in [0.1, 0.15) is 5.82 Å². The lowest BCUT2D eigenvalue weighted by atomic mass is 9.89. The second-order valence-electron chi connectivity index (χ2n) is 11.3. The summed E-state index contributed by atoms with van der Waals surface area (Å²) in [6, 6.07) is 8.88. The van der Waals surface area contributed by atoms with Crippen molar-refractivity contribution in [2.24, 2.45) is 0 Å². The Bertz CT molecular complexity index is 1290. The number of rotatable bonds is 7. The Balaban J connectivity index is 1.22. The molecule has 1 N–H and O–H groups in total. The highest BCUT2D eigenvalue weighted by Crippen LogP contribution is 2.28. The summed E-state index contributed by atoms with van der Waals surface area (Å²) >= 11 is 0. The van der Waals surface area contributed by atoms with Gasteiger partial charge >= 0.3 is 5.69 Å². The summed E-state index contributed by atoms with van der Waals surface area (Å²) < 4.78 is 22.9. The van der Waals surface area contributed by atoms with Crippen LogP contribution in [0.4, 0.5) is 10.3 Å². The highest BCUT2D eigenvalue weighted by atomic mass is 19.1. The molecule has 1 saturated carbocycles. The molecule has 208 valence electrons. The molecule has 3 aliphatic rings. The molecule has 0 amide bonds. The van der Waals surface area contributed by atoms with E-state index in [4.69, 9.17) is 9.72 Å². The minimum Gasteiger partial charge on any atom is -0.376 e. The molecular formula is C30H39FN6O2. The predicted octanol–water partition coefficient (Wildman–Crippen LogP) is 5.01. The molecule has 2 saturated heterocycles. The third-order valence-corrected chi connectivity index (χ3v) is 8.57. The van der Waals surface area contributed by atoms with Crippen molar-refractivity contribution in [1.29, 1.82) is 0 Å². The van der Waals surface area contributed by atoms with Crippen LogP contribution in [0.3, 0.4) is 0 Å². The first-order chi connectivity index (χ1) is 19.1. The number of imidazole rings is 1. The van der Waals surface area contributed by atoms with Crippen LogP contribution < -0.4 is 11.0 Å². The molecule has 1 unspecified atom stereocenters. The van der Waals surface area contributed by atoms with Gasteiger partial charge in [-0.15, -0.1) is 0 Å². The maximum absolute atomic E-state index is 13.7. The second-order valence-corrected chi connectivity index (χ2v) is 11.3. The highest BCUT2D eigenvalue weighted by Gasteiger charge is 2.27. The van der Waals surface area contributed by atoms with Crippen LogP contribution in [0.15, 0.2) is 47.5 Å².